The Hall–Kier alpha value is -3.60. The Kier molecular flexibility index (Phi) is 7.40. The van der Waals surface area contributed by atoms with Crippen LogP contribution in [0.3, 0.4) is 0 Å². The van der Waals surface area contributed by atoms with E-state index in [1.54, 1.807) is 24.3 Å². The molecule has 166 valence electrons. The predicted octanol–water partition coefficient (Wildman–Crippen LogP) is 3.94. The summed E-state index contributed by atoms with van der Waals surface area (Å²) in [4.78, 5) is 25.6. The van der Waals surface area contributed by atoms with Gasteiger partial charge in [-0.1, -0.05) is 0 Å². The maximum absolute atomic E-state index is 13.0. The van der Waals surface area contributed by atoms with Crippen LogP contribution in [0.25, 0.3) is 10.8 Å². The molecular formula is C27H23NO4Se. The first kappa shape index (κ1) is 22.6. The number of hydrogen-bond donors (Lipinski definition) is 2. The summed E-state index contributed by atoms with van der Waals surface area (Å²) < 4.78 is 6.32. The van der Waals surface area contributed by atoms with Crippen LogP contribution in [0.4, 0.5) is 4.79 Å². The minimum atomic E-state index is -0.723. The van der Waals surface area contributed by atoms with E-state index in [2.05, 4.69) is 5.32 Å². The Labute approximate surface area is 198 Å². The molecule has 0 aliphatic heterocycles. The van der Waals surface area contributed by atoms with Crippen molar-refractivity contribution < 1.29 is 19.4 Å². The van der Waals surface area contributed by atoms with Gasteiger partial charge in [0.25, 0.3) is 0 Å². The molecule has 33 heavy (non-hydrogen) atoms. The molecule has 0 unspecified atom stereocenters. The SMILES string of the molecule is O=C(N[C@@H](Cc1ccc(O)cc1)C(=O)[Se]c1ccccc1)OCc1ccc2ccccc2c1. The molecule has 4 rings (SSSR count). The summed E-state index contributed by atoms with van der Waals surface area (Å²) in [6.45, 7) is 0.112. The first-order valence-electron chi connectivity index (χ1n) is 10.5. The van der Waals surface area contributed by atoms with Crippen LogP contribution in [-0.4, -0.2) is 36.9 Å². The molecule has 0 fully saturated rings. The second-order valence-electron chi connectivity index (χ2n) is 7.56. The van der Waals surface area contributed by atoms with E-state index in [1.807, 2.05) is 72.8 Å². The van der Waals surface area contributed by atoms with Crippen molar-refractivity contribution in [2.75, 3.05) is 0 Å². The molecular weight excluding hydrogens is 481 g/mol. The van der Waals surface area contributed by atoms with Crippen LogP contribution >= 0.6 is 0 Å². The summed E-state index contributed by atoms with van der Waals surface area (Å²) >= 11 is -0.450. The van der Waals surface area contributed by atoms with Gasteiger partial charge in [0.2, 0.25) is 0 Å². The summed E-state index contributed by atoms with van der Waals surface area (Å²) in [6.07, 6.45) is -0.317. The number of phenolic OH excluding ortho intramolecular Hbond substituents is 1. The van der Waals surface area contributed by atoms with Crippen molar-refractivity contribution in [3.63, 3.8) is 0 Å². The van der Waals surface area contributed by atoms with Gasteiger partial charge in [0, 0.05) is 0 Å². The van der Waals surface area contributed by atoms with E-state index in [0.29, 0.717) is 6.42 Å². The van der Waals surface area contributed by atoms with Gasteiger partial charge in [-0.15, -0.1) is 0 Å². The normalized spacial score (nSPS) is 11.6. The van der Waals surface area contributed by atoms with Gasteiger partial charge in [-0.2, -0.15) is 0 Å². The van der Waals surface area contributed by atoms with E-state index < -0.39 is 27.1 Å². The Morgan fingerprint density at radius 3 is 2.24 bits per heavy atom. The molecule has 0 aliphatic rings. The molecule has 4 aromatic rings. The van der Waals surface area contributed by atoms with Gasteiger partial charge in [0.15, 0.2) is 0 Å². The summed E-state index contributed by atoms with van der Waals surface area (Å²) in [5.41, 5.74) is 1.71. The van der Waals surface area contributed by atoms with E-state index in [4.69, 9.17) is 4.74 Å². The summed E-state index contributed by atoms with van der Waals surface area (Å²) in [6, 6.07) is 29.3. The van der Waals surface area contributed by atoms with Crippen LogP contribution in [0.5, 0.6) is 5.75 Å². The summed E-state index contributed by atoms with van der Waals surface area (Å²) in [7, 11) is 0. The van der Waals surface area contributed by atoms with Crippen LogP contribution < -0.4 is 9.78 Å². The molecule has 1 atom stereocenters. The van der Waals surface area contributed by atoms with Crippen molar-refractivity contribution in [1.29, 1.82) is 0 Å². The van der Waals surface area contributed by atoms with Gasteiger partial charge in [0.1, 0.15) is 0 Å². The molecule has 6 heteroatoms. The van der Waals surface area contributed by atoms with Gasteiger partial charge in [-0.25, -0.2) is 0 Å². The van der Waals surface area contributed by atoms with Crippen molar-refractivity contribution in [1.82, 2.24) is 5.32 Å². The minimum absolute atomic E-state index is 0.0515. The fourth-order valence-corrected chi connectivity index (χ4v) is 5.10. The Balaban J connectivity index is 1.42. The predicted molar refractivity (Wildman–Crippen MR) is 130 cm³/mol. The van der Waals surface area contributed by atoms with Crippen LogP contribution in [0.2, 0.25) is 0 Å². The number of ether oxygens (including phenoxy) is 1. The van der Waals surface area contributed by atoms with Gasteiger partial charge in [0.05, 0.1) is 0 Å². The average Bonchev–Trinajstić information content (AvgIpc) is 2.84. The summed E-state index contributed by atoms with van der Waals surface area (Å²) in [5, 5.41) is 14.5. The Bertz CT molecular complexity index is 1240. The fourth-order valence-electron chi connectivity index (χ4n) is 3.40. The third-order valence-corrected chi connectivity index (χ3v) is 7.18. The molecule has 0 radical (unpaired) electrons. The molecule has 1 amide bonds. The molecule has 2 N–H and O–H groups in total. The van der Waals surface area contributed by atoms with Crippen LogP contribution in [0, 0.1) is 0 Å². The zero-order valence-corrected chi connectivity index (χ0v) is 19.5. The molecule has 0 aliphatic carbocycles. The molecule has 0 saturated heterocycles. The fraction of sp³-hybridized carbons (Fsp3) is 0.111. The van der Waals surface area contributed by atoms with Crippen molar-refractivity contribution in [3.8, 4) is 5.75 Å². The van der Waals surface area contributed by atoms with E-state index in [9.17, 15) is 14.7 Å². The standard InChI is InChI=1S/C27H23NO4Se/c29-23-14-11-19(12-15-23)17-25(26(30)33-24-8-2-1-3-9-24)28-27(31)32-18-20-10-13-21-6-4-5-7-22(21)16-20/h1-16,25,29H,17-18H2,(H,28,31)/t25-/m0/s1. The van der Waals surface area contributed by atoms with Crippen LogP contribution in [0.15, 0.2) is 97.1 Å². The first-order valence-corrected chi connectivity index (χ1v) is 12.2. The number of fused-ring (bicyclic) bond motifs is 1. The van der Waals surface area contributed by atoms with E-state index in [1.165, 1.54) is 0 Å². The quantitative estimate of drug-likeness (QED) is 0.357. The first-order chi connectivity index (χ1) is 16.1. The zero-order chi connectivity index (χ0) is 23.0. The average molecular weight is 504 g/mol. The zero-order valence-electron chi connectivity index (χ0n) is 17.8. The molecule has 0 aromatic heterocycles. The number of amides is 1. The number of carbonyl (C=O) groups is 2. The van der Waals surface area contributed by atoms with Crippen molar-refractivity contribution in [3.05, 3.63) is 108 Å². The number of nitrogens with one attached hydrogen (secondary N) is 1. The van der Waals surface area contributed by atoms with Gasteiger partial charge in [-0.05, 0) is 0 Å². The molecule has 0 bridgehead atoms. The number of aromatic hydroxyl groups is 1. The molecule has 4 aromatic carbocycles. The van der Waals surface area contributed by atoms with Crippen LogP contribution in [0.1, 0.15) is 11.1 Å². The molecule has 0 spiro atoms. The molecule has 0 heterocycles. The maximum atomic E-state index is 13.0. The number of rotatable bonds is 8. The van der Waals surface area contributed by atoms with Crippen molar-refractivity contribution in [2.24, 2.45) is 0 Å². The van der Waals surface area contributed by atoms with E-state index in [-0.39, 0.29) is 17.0 Å². The van der Waals surface area contributed by atoms with Crippen molar-refractivity contribution in [2.45, 2.75) is 19.1 Å². The second kappa shape index (κ2) is 10.8. The second-order valence-corrected chi connectivity index (χ2v) is 9.82. The Morgan fingerprint density at radius 2 is 1.48 bits per heavy atom. The Morgan fingerprint density at radius 1 is 0.818 bits per heavy atom. The molecule has 0 saturated carbocycles. The molecule has 5 nitrogen and oxygen atoms in total. The summed E-state index contributed by atoms with van der Waals surface area (Å²) in [5.74, 6) is 0.151. The third-order valence-electron chi connectivity index (χ3n) is 5.10. The van der Waals surface area contributed by atoms with E-state index in [0.717, 1.165) is 26.4 Å². The van der Waals surface area contributed by atoms with E-state index >= 15 is 0 Å². The number of carbonyl (C=O) groups excluding carboxylic acids is 2. The topological polar surface area (TPSA) is 75.6 Å². The third kappa shape index (κ3) is 6.45. The number of alkyl carbamates (subject to hydrolysis) is 1. The number of phenols is 1. The number of benzene rings is 4. The van der Waals surface area contributed by atoms with Gasteiger partial charge in [-0.3, -0.25) is 0 Å². The van der Waals surface area contributed by atoms with Gasteiger partial charge < -0.3 is 0 Å². The monoisotopic (exact) mass is 505 g/mol. The van der Waals surface area contributed by atoms with Crippen LogP contribution in [-0.2, 0) is 22.6 Å². The van der Waals surface area contributed by atoms with Gasteiger partial charge >= 0.3 is 199 Å². The number of hydrogen-bond acceptors (Lipinski definition) is 4. The van der Waals surface area contributed by atoms with Crippen molar-refractivity contribution >= 4 is 41.0 Å².